The summed E-state index contributed by atoms with van der Waals surface area (Å²) in [5.74, 6) is 1.64. The zero-order valence-electron chi connectivity index (χ0n) is 9.48. The van der Waals surface area contributed by atoms with Crippen LogP contribution >= 0.6 is 11.8 Å². The van der Waals surface area contributed by atoms with Gasteiger partial charge in [-0.15, -0.1) is 0 Å². The van der Waals surface area contributed by atoms with Crippen LogP contribution in [-0.4, -0.2) is 24.0 Å². The summed E-state index contributed by atoms with van der Waals surface area (Å²) in [6.45, 7) is 0.641. The minimum atomic E-state index is -0.0146. The zero-order chi connectivity index (χ0) is 12.5. The number of nitrogens with zero attached hydrogens (tertiary/aromatic N) is 1. The Morgan fingerprint density at radius 2 is 2.06 bits per heavy atom. The van der Waals surface area contributed by atoms with Gasteiger partial charge in [0.15, 0.2) is 0 Å². The topological polar surface area (TPSA) is 78.9 Å². The smallest absolute Gasteiger partial charge is 0.225 e. The number of amides is 1. The van der Waals surface area contributed by atoms with Crippen molar-refractivity contribution in [1.29, 1.82) is 5.26 Å². The number of nitrogens with two attached hydrogens (primary N) is 1. The predicted molar refractivity (Wildman–Crippen MR) is 70.8 cm³/mol. The number of hydrogen-bond donors (Lipinski definition) is 2. The highest BCUT2D eigenvalue weighted by atomic mass is 32.2. The van der Waals surface area contributed by atoms with E-state index >= 15 is 0 Å². The van der Waals surface area contributed by atoms with Gasteiger partial charge in [-0.1, -0.05) is 0 Å². The molecule has 90 valence electrons. The van der Waals surface area contributed by atoms with Crippen molar-refractivity contribution in [3.63, 3.8) is 0 Å². The van der Waals surface area contributed by atoms with Crippen LogP contribution in [0.2, 0.25) is 0 Å². The fourth-order valence-electron chi connectivity index (χ4n) is 1.20. The summed E-state index contributed by atoms with van der Waals surface area (Å²) in [4.78, 5) is 11.5. The molecule has 0 aliphatic heterocycles. The molecule has 0 atom stereocenters. The molecule has 0 aromatic heterocycles. The summed E-state index contributed by atoms with van der Waals surface area (Å²) in [6, 6.07) is 8.84. The summed E-state index contributed by atoms with van der Waals surface area (Å²) in [6.07, 6.45) is 0.477. The number of nitrogens with one attached hydrogen (secondary N) is 1. The number of rotatable bonds is 6. The highest BCUT2D eigenvalue weighted by molar-refractivity contribution is 7.99. The molecule has 1 amide bonds. The first-order chi connectivity index (χ1) is 8.26. The number of thioether (sulfide) groups is 1. The Labute approximate surface area is 105 Å². The molecule has 0 spiro atoms. The Balaban J connectivity index is 2.32. The fourth-order valence-corrected chi connectivity index (χ4v) is 1.90. The van der Waals surface area contributed by atoms with Crippen LogP contribution in [0.4, 0.5) is 5.69 Å². The second-order valence-corrected chi connectivity index (χ2v) is 4.61. The van der Waals surface area contributed by atoms with Gasteiger partial charge in [-0.05, 0) is 24.3 Å². The van der Waals surface area contributed by atoms with Gasteiger partial charge in [-0.2, -0.15) is 17.0 Å². The van der Waals surface area contributed by atoms with E-state index in [1.165, 1.54) is 0 Å². The lowest BCUT2D eigenvalue weighted by molar-refractivity contribution is -0.115. The largest absolute Gasteiger partial charge is 0.330 e. The molecular formula is C12H15N3OS. The fraction of sp³-hybridized carbons (Fsp3) is 0.333. The predicted octanol–water partition coefficient (Wildman–Crippen LogP) is 1.58. The van der Waals surface area contributed by atoms with Gasteiger partial charge in [0.25, 0.3) is 0 Å². The maximum atomic E-state index is 11.5. The second-order valence-electron chi connectivity index (χ2n) is 3.39. The molecule has 1 rings (SSSR count). The first-order valence-corrected chi connectivity index (χ1v) is 6.49. The molecule has 0 heterocycles. The maximum absolute atomic E-state index is 11.5. The van der Waals surface area contributed by atoms with Gasteiger partial charge in [-0.25, -0.2) is 0 Å². The number of nitriles is 1. The Kier molecular flexibility index (Phi) is 6.15. The van der Waals surface area contributed by atoms with Crippen molar-refractivity contribution in [3.05, 3.63) is 29.8 Å². The summed E-state index contributed by atoms with van der Waals surface area (Å²) >= 11 is 1.67. The normalized spacial score (nSPS) is 9.65. The van der Waals surface area contributed by atoms with Crippen molar-refractivity contribution in [2.24, 2.45) is 5.73 Å². The number of carbonyl (C=O) groups is 1. The lowest BCUT2D eigenvalue weighted by atomic mass is 10.2. The molecular weight excluding hydrogens is 234 g/mol. The van der Waals surface area contributed by atoms with E-state index in [-0.39, 0.29) is 5.91 Å². The van der Waals surface area contributed by atoms with Crippen LogP contribution in [0.25, 0.3) is 0 Å². The van der Waals surface area contributed by atoms with Crippen molar-refractivity contribution in [2.45, 2.75) is 6.42 Å². The van der Waals surface area contributed by atoms with E-state index in [2.05, 4.69) is 5.32 Å². The molecule has 0 bridgehead atoms. The van der Waals surface area contributed by atoms with E-state index in [1.807, 2.05) is 6.07 Å². The van der Waals surface area contributed by atoms with Crippen molar-refractivity contribution in [2.75, 3.05) is 23.4 Å². The molecule has 0 aliphatic rings. The van der Waals surface area contributed by atoms with Crippen molar-refractivity contribution in [3.8, 4) is 6.07 Å². The molecule has 5 heteroatoms. The first kappa shape index (κ1) is 13.6. The van der Waals surface area contributed by atoms with Crippen molar-refractivity contribution in [1.82, 2.24) is 0 Å². The van der Waals surface area contributed by atoms with Gasteiger partial charge < -0.3 is 11.1 Å². The van der Waals surface area contributed by atoms with Crippen LogP contribution in [-0.2, 0) is 4.79 Å². The molecule has 0 saturated heterocycles. The Morgan fingerprint density at radius 3 is 2.65 bits per heavy atom. The van der Waals surface area contributed by atoms with E-state index in [0.29, 0.717) is 18.5 Å². The van der Waals surface area contributed by atoms with Crippen molar-refractivity contribution < 1.29 is 4.79 Å². The molecule has 0 unspecified atom stereocenters. The monoisotopic (exact) mass is 249 g/mol. The molecule has 1 aromatic carbocycles. The van der Waals surface area contributed by atoms with Gasteiger partial charge in [-0.3, -0.25) is 4.79 Å². The first-order valence-electron chi connectivity index (χ1n) is 5.34. The molecule has 1 aromatic rings. The van der Waals surface area contributed by atoms with Crippen LogP contribution in [0, 0.1) is 11.3 Å². The third kappa shape index (κ3) is 5.38. The number of benzene rings is 1. The summed E-state index contributed by atoms with van der Waals surface area (Å²) < 4.78 is 0. The summed E-state index contributed by atoms with van der Waals surface area (Å²) in [5.41, 5.74) is 6.65. The van der Waals surface area contributed by atoms with Gasteiger partial charge >= 0.3 is 0 Å². The standard InChI is InChI=1S/C12H15N3OS/c13-6-8-17-7-5-12(16)15-11-3-1-10(9-14)2-4-11/h1-4H,5-8,13H2,(H,15,16). The average molecular weight is 249 g/mol. The molecule has 0 saturated carbocycles. The minimum Gasteiger partial charge on any atom is -0.330 e. The third-order valence-electron chi connectivity index (χ3n) is 2.03. The maximum Gasteiger partial charge on any atom is 0.225 e. The second kappa shape index (κ2) is 7.71. The third-order valence-corrected chi connectivity index (χ3v) is 3.05. The van der Waals surface area contributed by atoms with Crippen LogP contribution in [0.15, 0.2) is 24.3 Å². The zero-order valence-corrected chi connectivity index (χ0v) is 10.3. The Bertz CT molecular complexity index is 397. The number of anilines is 1. The average Bonchev–Trinajstić information content (AvgIpc) is 2.36. The van der Waals surface area contributed by atoms with Crippen molar-refractivity contribution >= 4 is 23.4 Å². The minimum absolute atomic E-state index is 0.0146. The van der Waals surface area contributed by atoms with Gasteiger partial charge in [0.2, 0.25) is 5.91 Å². The quantitative estimate of drug-likeness (QED) is 0.750. The highest BCUT2D eigenvalue weighted by Crippen LogP contribution is 2.10. The summed E-state index contributed by atoms with van der Waals surface area (Å²) in [7, 11) is 0. The summed E-state index contributed by atoms with van der Waals surface area (Å²) in [5, 5.41) is 11.4. The lowest BCUT2D eigenvalue weighted by Crippen LogP contribution is -2.12. The Hall–Kier alpha value is -1.51. The molecule has 0 aliphatic carbocycles. The van der Waals surface area contributed by atoms with Gasteiger partial charge in [0.1, 0.15) is 0 Å². The van der Waals surface area contributed by atoms with E-state index < -0.39 is 0 Å². The SMILES string of the molecule is N#Cc1ccc(NC(=O)CCSCCN)cc1. The molecule has 0 fully saturated rings. The van der Waals surface area contributed by atoms with Gasteiger partial charge in [0.05, 0.1) is 11.6 Å². The highest BCUT2D eigenvalue weighted by Gasteiger charge is 2.02. The number of hydrogen-bond acceptors (Lipinski definition) is 4. The Morgan fingerprint density at radius 1 is 1.35 bits per heavy atom. The van der Waals surface area contributed by atoms with E-state index in [4.69, 9.17) is 11.0 Å². The van der Waals surface area contributed by atoms with Gasteiger partial charge in [0, 0.05) is 30.2 Å². The van der Waals surface area contributed by atoms with Crippen LogP contribution in [0.1, 0.15) is 12.0 Å². The van der Waals surface area contributed by atoms with Crippen LogP contribution < -0.4 is 11.1 Å². The van der Waals surface area contributed by atoms with E-state index in [1.54, 1.807) is 36.0 Å². The molecule has 3 N–H and O–H groups in total. The molecule has 17 heavy (non-hydrogen) atoms. The van der Waals surface area contributed by atoms with Crippen LogP contribution in [0.3, 0.4) is 0 Å². The molecule has 4 nitrogen and oxygen atoms in total. The molecule has 0 radical (unpaired) electrons. The van der Waals surface area contributed by atoms with Crippen LogP contribution in [0.5, 0.6) is 0 Å². The van der Waals surface area contributed by atoms with E-state index in [0.717, 1.165) is 17.2 Å². The number of carbonyl (C=O) groups excluding carboxylic acids is 1. The van der Waals surface area contributed by atoms with E-state index in [9.17, 15) is 4.79 Å². The lowest BCUT2D eigenvalue weighted by Gasteiger charge is -2.04.